The maximum absolute atomic E-state index is 11.9. The molecular formula is C10H12N2O4S2. The number of carbonyl (C=O) groups excluding carboxylic acids is 1. The monoisotopic (exact) mass is 288 g/mol. The zero-order valence-electron chi connectivity index (χ0n) is 9.89. The highest BCUT2D eigenvalue weighted by molar-refractivity contribution is 7.91. The lowest BCUT2D eigenvalue weighted by Gasteiger charge is -2.03. The van der Waals surface area contributed by atoms with E-state index in [9.17, 15) is 13.2 Å². The molecule has 1 N–H and O–H groups in total. The summed E-state index contributed by atoms with van der Waals surface area (Å²) < 4.78 is 30.5. The fourth-order valence-corrected chi connectivity index (χ4v) is 3.30. The van der Waals surface area contributed by atoms with Crippen LogP contribution in [0.1, 0.15) is 23.8 Å². The van der Waals surface area contributed by atoms with Crippen LogP contribution in [-0.4, -0.2) is 33.0 Å². The summed E-state index contributed by atoms with van der Waals surface area (Å²) in [5.41, 5.74) is 1.09. The predicted octanol–water partition coefficient (Wildman–Crippen LogP) is 0.621. The van der Waals surface area contributed by atoms with Crippen molar-refractivity contribution >= 4 is 27.3 Å². The molecule has 8 heteroatoms. The number of methoxy groups -OCH3 is 1. The van der Waals surface area contributed by atoms with Gasteiger partial charge in [0.05, 0.1) is 12.6 Å². The standard InChI is InChI=1S/C10H12N2O4S2/c1-3-4-5-6-12-18(14,15)10-8(9(13)16-2)11-7-17-10/h7,12H,5-6H2,1-2H3. The Hall–Kier alpha value is -1.43. The smallest absolute Gasteiger partial charge is 0.358 e. The van der Waals surface area contributed by atoms with Gasteiger partial charge in [-0.25, -0.2) is 22.9 Å². The van der Waals surface area contributed by atoms with Crippen molar-refractivity contribution in [1.82, 2.24) is 9.71 Å². The van der Waals surface area contributed by atoms with Crippen LogP contribution >= 0.6 is 11.3 Å². The Balaban J connectivity index is 2.87. The molecule has 0 saturated carbocycles. The molecule has 0 radical (unpaired) electrons. The molecule has 1 aromatic rings. The molecule has 98 valence electrons. The molecule has 0 bridgehead atoms. The molecule has 0 fully saturated rings. The molecule has 6 nitrogen and oxygen atoms in total. The minimum atomic E-state index is -3.75. The number of aromatic nitrogens is 1. The van der Waals surface area contributed by atoms with E-state index in [-0.39, 0.29) is 16.4 Å². The van der Waals surface area contributed by atoms with E-state index in [1.54, 1.807) is 6.92 Å². The van der Waals surface area contributed by atoms with Crippen LogP contribution in [0.5, 0.6) is 0 Å². The Morgan fingerprint density at radius 3 is 2.94 bits per heavy atom. The van der Waals surface area contributed by atoms with E-state index in [1.807, 2.05) is 0 Å². The van der Waals surface area contributed by atoms with Crippen LogP contribution < -0.4 is 4.72 Å². The van der Waals surface area contributed by atoms with Crippen LogP contribution in [0, 0.1) is 11.8 Å². The van der Waals surface area contributed by atoms with Gasteiger partial charge in [-0.05, 0) is 6.92 Å². The van der Waals surface area contributed by atoms with Crippen molar-refractivity contribution in [2.24, 2.45) is 0 Å². The topological polar surface area (TPSA) is 85.4 Å². The highest BCUT2D eigenvalue weighted by atomic mass is 32.2. The third-order valence-corrected chi connectivity index (χ3v) is 4.71. The van der Waals surface area contributed by atoms with Crippen LogP contribution in [0.2, 0.25) is 0 Å². The molecule has 18 heavy (non-hydrogen) atoms. The molecular weight excluding hydrogens is 276 g/mol. The number of nitrogens with one attached hydrogen (secondary N) is 1. The van der Waals surface area contributed by atoms with Crippen molar-refractivity contribution in [2.75, 3.05) is 13.7 Å². The molecule has 0 unspecified atom stereocenters. The first kappa shape index (κ1) is 14.6. The maximum Gasteiger partial charge on any atom is 0.358 e. The van der Waals surface area contributed by atoms with Gasteiger partial charge in [0.25, 0.3) is 10.0 Å². The molecule has 0 spiro atoms. The van der Waals surface area contributed by atoms with Gasteiger partial charge in [-0.3, -0.25) is 0 Å². The molecule has 0 atom stereocenters. The van der Waals surface area contributed by atoms with Crippen molar-refractivity contribution < 1.29 is 17.9 Å². The van der Waals surface area contributed by atoms with Gasteiger partial charge in [-0.15, -0.1) is 23.2 Å². The number of rotatable bonds is 5. The van der Waals surface area contributed by atoms with E-state index in [4.69, 9.17) is 0 Å². The number of hydrogen-bond donors (Lipinski definition) is 1. The number of sulfonamides is 1. The van der Waals surface area contributed by atoms with E-state index in [0.29, 0.717) is 6.42 Å². The zero-order valence-corrected chi connectivity index (χ0v) is 11.5. The molecule has 0 aliphatic heterocycles. The Morgan fingerprint density at radius 2 is 2.33 bits per heavy atom. The molecule has 0 aliphatic rings. The molecule has 1 heterocycles. The minimum Gasteiger partial charge on any atom is -0.464 e. The number of ether oxygens (including phenoxy) is 1. The normalized spacial score (nSPS) is 10.6. The summed E-state index contributed by atoms with van der Waals surface area (Å²) in [5, 5.41) is 0. The van der Waals surface area contributed by atoms with Gasteiger partial charge < -0.3 is 4.74 Å². The average Bonchev–Trinajstić information content (AvgIpc) is 2.83. The van der Waals surface area contributed by atoms with E-state index in [2.05, 4.69) is 26.3 Å². The first-order valence-electron chi connectivity index (χ1n) is 4.94. The second-order valence-electron chi connectivity index (χ2n) is 3.05. The molecule has 1 rings (SSSR count). The van der Waals surface area contributed by atoms with Gasteiger partial charge in [-0.1, -0.05) is 0 Å². The molecule has 0 aromatic carbocycles. The van der Waals surface area contributed by atoms with Crippen LogP contribution in [0.25, 0.3) is 0 Å². The Morgan fingerprint density at radius 1 is 1.61 bits per heavy atom. The average molecular weight is 288 g/mol. The van der Waals surface area contributed by atoms with Gasteiger partial charge in [-0.2, -0.15) is 0 Å². The van der Waals surface area contributed by atoms with E-state index >= 15 is 0 Å². The van der Waals surface area contributed by atoms with Gasteiger partial charge in [0.2, 0.25) is 0 Å². The first-order chi connectivity index (χ1) is 8.53. The molecule has 1 aromatic heterocycles. The largest absolute Gasteiger partial charge is 0.464 e. The number of hydrogen-bond acceptors (Lipinski definition) is 6. The third kappa shape index (κ3) is 3.53. The number of thiazole rings is 1. The number of carbonyl (C=O) groups is 1. The summed E-state index contributed by atoms with van der Waals surface area (Å²) in [5.74, 6) is 4.62. The van der Waals surface area contributed by atoms with Gasteiger partial charge in [0.1, 0.15) is 0 Å². The number of esters is 1. The zero-order chi connectivity index (χ0) is 13.6. The van der Waals surface area contributed by atoms with Crippen LogP contribution in [0.3, 0.4) is 0 Å². The maximum atomic E-state index is 11.9. The van der Waals surface area contributed by atoms with Crippen molar-refractivity contribution in [3.05, 3.63) is 11.2 Å². The summed E-state index contributed by atoms with van der Waals surface area (Å²) in [6, 6.07) is 0. The summed E-state index contributed by atoms with van der Waals surface area (Å²) >= 11 is 0.866. The summed E-state index contributed by atoms with van der Waals surface area (Å²) in [4.78, 5) is 15.0. The van der Waals surface area contributed by atoms with Crippen LogP contribution in [0.4, 0.5) is 0 Å². The lowest BCUT2D eigenvalue weighted by molar-refractivity contribution is 0.0590. The summed E-state index contributed by atoms with van der Waals surface area (Å²) in [6.45, 7) is 1.86. The van der Waals surface area contributed by atoms with Crippen molar-refractivity contribution in [1.29, 1.82) is 0 Å². The lowest BCUT2D eigenvalue weighted by Crippen LogP contribution is -2.25. The third-order valence-electron chi connectivity index (χ3n) is 1.88. The summed E-state index contributed by atoms with van der Waals surface area (Å²) in [7, 11) is -2.58. The highest BCUT2D eigenvalue weighted by Gasteiger charge is 2.25. The molecule has 0 amide bonds. The van der Waals surface area contributed by atoms with Crippen LogP contribution in [-0.2, 0) is 14.8 Å². The van der Waals surface area contributed by atoms with Gasteiger partial charge in [0.15, 0.2) is 9.90 Å². The van der Waals surface area contributed by atoms with Crippen LogP contribution in [0.15, 0.2) is 9.72 Å². The fraction of sp³-hybridized carbons (Fsp3) is 0.400. The van der Waals surface area contributed by atoms with Crippen molar-refractivity contribution in [3.63, 3.8) is 0 Å². The molecule has 0 aliphatic carbocycles. The number of nitrogens with zero attached hydrogens (tertiary/aromatic N) is 1. The minimum absolute atomic E-state index is 0.140. The molecule has 0 saturated heterocycles. The van der Waals surface area contributed by atoms with Crippen molar-refractivity contribution in [2.45, 2.75) is 17.6 Å². The van der Waals surface area contributed by atoms with Gasteiger partial charge >= 0.3 is 5.97 Å². The first-order valence-corrected chi connectivity index (χ1v) is 7.30. The Kier molecular flexibility index (Phi) is 5.27. The van der Waals surface area contributed by atoms with E-state index in [0.717, 1.165) is 11.3 Å². The predicted molar refractivity (Wildman–Crippen MR) is 66.7 cm³/mol. The quantitative estimate of drug-likeness (QED) is 0.488. The second kappa shape index (κ2) is 6.49. The van der Waals surface area contributed by atoms with E-state index < -0.39 is 16.0 Å². The van der Waals surface area contributed by atoms with Crippen molar-refractivity contribution in [3.8, 4) is 11.8 Å². The summed E-state index contributed by atoms with van der Waals surface area (Å²) in [6.07, 6.45) is 0.405. The Bertz CT molecular complexity index is 581. The highest BCUT2D eigenvalue weighted by Crippen LogP contribution is 2.20. The van der Waals surface area contributed by atoms with Gasteiger partial charge in [0, 0.05) is 13.0 Å². The Labute approximate surface area is 109 Å². The fourth-order valence-electron chi connectivity index (χ4n) is 1.10. The SMILES string of the molecule is CC#CCCNS(=O)(=O)c1scnc1C(=O)OC. The van der Waals surface area contributed by atoms with E-state index in [1.165, 1.54) is 12.6 Å². The second-order valence-corrected chi connectivity index (χ2v) is 5.87. The lowest BCUT2D eigenvalue weighted by atomic mass is 10.4.